The molecule has 0 saturated carbocycles. The van der Waals surface area contributed by atoms with Crippen LogP contribution in [0.25, 0.3) is 0 Å². The SMILES string of the molecule is CCOc1cc(C(=O)NC(C)C(C)CC)ccc1OCC(=O)O. The van der Waals surface area contributed by atoms with Crippen molar-refractivity contribution < 1.29 is 24.2 Å². The zero-order chi connectivity index (χ0) is 17.4. The third kappa shape index (κ3) is 5.81. The molecule has 0 aliphatic heterocycles. The van der Waals surface area contributed by atoms with Crippen LogP contribution in [0.4, 0.5) is 0 Å². The van der Waals surface area contributed by atoms with Crippen molar-refractivity contribution >= 4 is 11.9 Å². The summed E-state index contributed by atoms with van der Waals surface area (Å²) in [4.78, 5) is 22.9. The van der Waals surface area contributed by atoms with Gasteiger partial charge in [-0.1, -0.05) is 20.3 Å². The van der Waals surface area contributed by atoms with Crippen molar-refractivity contribution in [2.24, 2.45) is 5.92 Å². The molecule has 6 nitrogen and oxygen atoms in total. The van der Waals surface area contributed by atoms with Crippen LogP contribution >= 0.6 is 0 Å². The number of aliphatic carboxylic acids is 1. The molecule has 0 aromatic heterocycles. The highest BCUT2D eigenvalue weighted by atomic mass is 16.5. The maximum Gasteiger partial charge on any atom is 0.341 e. The minimum Gasteiger partial charge on any atom is -0.490 e. The quantitative estimate of drug-likeness (QED) is 0.730. The van der Waals surface area contributed by atoms with E-state index in [0.29, 0.717) is 29.6 Å². The average Bonchev–Trinajstić information content (AvgIpc) is 2.52. The minimum absolute atomic E-state index is 0.0611. The first-order valence-electron chi connectivity index (χ1n) is 7.81. The van der Waals surface area contributed by atoms with Gasteiger partial charge in [0.05, 0.1) is 6.61 Å². The van der Waals surface area contributed by atoms with Crippen molar-refractivity contribution in [1.82, 2.24) is 5.32 Å². The maximum absolute atomic E-state index is 12.3. The molecule has 1 aromatic rings. The van der Waals surface area contributed by atoms with E-state index in [1.165, 1.54) is 0 Å². The van der Waals surface area contributed by atoms with E-state index in [1.807, 2.05) is 6.92 Å². The number of carboxylic acid groups (broad SMARTS) is 1. The van der Waals surface area contributed by atoms with Gasteiger partial charge in [0.2, 0.25) is 0 Å². The van der Waals surface area contributed by atoms with Crippen LogP contribution in [0.5, 0.6) is 11.5 Å². The number of hydrogen-bond donors (Lipinski definition) is 2. The lowest BCUT2D eigenvalue weighted by Crippen LogP contribution is -2.36. The number of carbonyl (C=O) groups is 2. The van der Waals surface area contributed by atoms with Crippen LogP contribution in [0.15, 0.2) is 18.2 Å². The lowest BCUT2D eigenvalue weighted by Gasteiger charge is -2.20. The molecule has 1 amide bonds. The van der Waals surface area contributed by atoms with Gasteiger partial charge < -0.3 is 19.9 Å². The third-order valence-electron chi connectivity index (χ3n) is 3.71. The van der Waals surface area contributed by atoms with Crippen molar-refractivity contribution in [3.63, 3.8) is 0 Å². The van der Waals surface area contributed by atoms with Crippen molar-refractivity contribution in [3.05, 3.63) is 23.8 Å². The largest absolute Gasteiger partial charge is 0.490 e. The monoisotopic (exact) mass is 323 g/mol. The standard InChI is InChI=1S/C17H25NO5/c1-5-11(3)12(4)18-17(21)13-7-8-14(23-10-16(19)20)15(9-13)22-6-2/h7-9,11-12H,5-6,10H2,1-4H3,(H,18,21)(H,19,20). The third-order valence-corrected chi connectivity index (χ3v) is 3.71. The summed E-state index contributed by atoms with van der Waals surface area (Å²) in [5.41, 5.74) is 0.450. The molecule has 1 rings (SSSR count). The van der Waals surface area contributed by atoms with Gasteiger partial charge in [-0.05, 0) is 38.0 Å². The number of carbonyl (C=O) groups excluding carboxylic acids is 1. The molecular formula is C17H25NO5. The maximum atomic E-state index is 12.3. The lowest BCUT2D eigenvalue weighted by atomic mass is 10.0. The smallest absolute Gasteiger partial charge is 0.341 e. The first-order valence-corrected chi connectivity index (χ1v) is 7.81. The molecular weight excluding hydrogens is 298 g/mol. The van der Waals surface area contributed by atoms with Gasteiger partial charge in [0.15, 0.2) is 18.1 Å². The van der Waals surface area contributed by atoms with E-state index in [0.717, 1.165) is 6.42 Å². The van der Waals surface area contributed by atoms with Crippen LogP contribution in [0.3, 0.4) is 0 Å². The first-order chi connectivity index (χ1) is 10.9. The summed E-state index contributed by atoms with van der Waals surface area (Å²) in [6.45, 7) is 7.86. The summed E-state index contributed by atoms with van der Waals surface area (Å²) >= 11 is 0. The van der Waals surface area contributed by atoms with Gasteiger partial charge in [-0.25, -0.2) is 4.79 Å². The molecule has 2 atom stereocenters. The Morgan fingerprint density at radius 2 is 1.87 bits per heavy atom. The molecule has 0 spiro atoms. The lowest BCUT2D eigenvalue weighted by molar-refractivity contribution is -0.139. The second kappa shape index (κ2) is 9.02. The highest BCUT2D eigenvalue weighted by Crippen LogP contribution is 2.28. The number of nitrogens with one attached hydrogen (secondary N) is 1. The average molecular weight is 323 g/mol. The molecule has 128 valence electrons. The molecule has 0 bridgehead atoms. The van der Waals surface area contributed by atoms with Gasteiger partial charge in [-0.15, -0.1) is 0 Å². The van der Waals surface area contributed by atoms with Crippen LogP contribution in [-0.4, -0.2) is 36.2 Å². The Kier molecular flexibility index (Phi) is 7.38. The highest BCUT2D eigenvalue weighted by molar-refractivity contribution is 5.95. The van der Waals surface area contributed by atoms with E-state index < -0.39 is 12.6 Å². The number of carboxylic acids is 1. The van der Waals surface area contributed by atoms with Gasteiger partial charge in [-0.3, -0.25) is 4.79 Å². The highest BCUT2D eigenvalue weighted by Gasteiger charge is 2.16. The van der Waals surface area contributed by atoms with Crippen LogP contribution in [-0.2, 0) is 4.79 Å². The molecule has 6 heteroatoms. The topological polar surface area (TPSA) is 84.9 Å². The van der Waals surface area contributed by atoms with E-state index in [4.69, 9.17) is 14.6 Å². The van der Waals surface area contributed by atoms with Crippen LogP contribution in [0, 0.1) is 5.92 Å². The van der Waals surface area contributed by atoms with Gasteiger partial charge in [0.1, 0.15) is 0 Å². The van der Waals surface area contributed by atoms with Crippen molar-refractivity contribution in [3.8, 4) is 11.5 Å². The second-order valence-electron chi connectivity index (χ2n) is 5.42. The Bertz CT molecular complexity index is 544. The number of benzene rings is 1. The van der Waals surface area contributed by atoms with E-state index in [2.05, 4.69) is 19.2 Å². The minimum atomic E-state index is -1.07. The molecule has 2 unspecified atom stereocenters. The summed E-state index contributed by atoms with van der Waals surface area (Å²) in [6.07, 6.45) is 0.980. The molecule has 0 aliphatic rings. The Labute approximate surface area is 136 Å². The number of hydrogen-bond acceptors (Lipinski definition) is 4. The molecule has 0 saturated heterocycles. The Hall–Kier alpha value is -2.24. The number of rotatable bonds is 9. The fourth-order valence-electron chi connectivity index (χ4n) is 1.96. The normalized spacial score (nSPS) is 13.0. The number of ether oxygens (including phenoxy) is 2. The Morgan fingerprint density at radius 3 is 2.43 bits per heavy atom. The summed E-state index contributed by atoms with van der Waals surface area (Å²) in [6, 6.07) is 4.78. The fraction of sp³-hybridized carbons (Fsp3) is 0.529. The van der Waals surface area contributed by atoms with Crippen LogP contribution < -0.4 is 14.8 Å². The summed E-state index contributed by atoms with van der Waals surface area (Å²) in [5.74, 6) is -0.220. The predicted octanol–water partition coefficient (Wildman–Crippen LogP) is 2.71. The summed E-state index contributed by atoms with van der Waals surface area (Å²) in [7, 11) is 0. The van der Waals surface area contributed by atoms with Crippen LogP contribution in [0.2, 0.25) is 0 Å². The van der Waals surface area contributed by atoms with Gasteiger partial charge in [0, 0.05) is 11.6 Å². The Balaban J connectivity index is 2.89. The molecule has 0 aliphatic carbocycles. The first kappa shape index (κ1) is 18.8. The molecule has 0 radical (unpaired) electrons. The van der Waals surface area contributed by atoms with Crippen molar-refractivity contribution in [1.29, 1.82) is 0 Å². The molecule has 1 aromatic carbocycles. The van der Waals surface area contributed by atoms with Gasteiger partial charge >= 0.3 is 5.97 Å². The summed E-state index contributed by atoms with van der Waals surface area (Å²) in [5, 5.41) is 11.6. The fourth-order valence-corrected chi connectivity index (χ4v) is 1.96. The van der Waals surface area contributed by atoms with E-state index in [-0.39, 0.29) is 11.9 Å². The molecule has 0 fully saturated rings. The van der Waals surface area contributed by atoms with Crippen LogP contribution in [0.1, 0.15) is 44.5 Å². The molecule has 0 heterocycles. The summed E-state index contributed by atoms with van der Waals surface area (Å²) < 4.78 is 10.6. The zero-order valence-electron chi connectivity index (χ0n) is 14.1. The van der Waals surface area contributed by atoms with E-state index in [9.17, 15) is 9.59 Å². The predicted molar refractivity (Wildman–Crippen MR) is 87.1 cm³/mol. The van der Waals surface area contributed by atoms with Crippen molar-refractivity contribution in [2.45, 2.75) is 40.2 Å². The van der Waals surface area contributed by atoms with Crippen molar-refractivity contribution in [2.75, 3.05) is 13.2 Å². The van der Waals surface area contributed by atoms with E-state index >= 15 is 0 Å². The van der Waals surface area contributed by atoms with Gasteiger partial charge in [-0.2, -0.15) is 0 Å². The number of amides is 1. The Morgan fingerprint density at radius 1 is 1.17 bits per heavy atom. The zero-order valence-corrected chi connectivity index (χ0v) is 14.1. The van der Waals surface area contributed by atoms with Gasteiger partial charge in [0.25, 0.3) is 5.91 Å². The molecule has 2 N–H and O–H groups in total. The van der Waals surface area contributed by atoms with E-state index in [1.54, 1.807) is 25.1 Å². The molecule has 23 heavy (non-hydrogen) atoms. The second-order valence-corrected chi connectivity index (χ2v) is 5.42.